The van der Waals surface area contributed by atoms with Crippen molar-refractivity contribution in [2.24, 2.45) is 17.8 Å². The van der Waals surface area contributed by atoms with Crippen molar-refractivity contribution in [1.82, 2.24) is 24.8 Å². The molecular weight excluding hydrogens is 440 g/mol. The zero-order chi connectivity index (χ0) is 22.9. The molecule has 2 saturated carbocycles. The normalized spacial score (nSPS) is 24.3. The third-order valence-electron chi connectivity index (χ3n) is 7.13. The Bertz CT molecular complexity index is 1380. The Kier molecular flexibility index (Phi) is 4.57. The predicted molar refractivity (Wildman–Crippen MR) is 125 cm³/mol. The van der Waals surface area contributed by atoms with Gasteiger partial charge in [0.25, 0.3) is 5.56 Å². The number of hydrogen-bond acceptors (Lipinski definition) is 8. The molecule has 0 spiro atoms. The first kappa shape index (κ1) is 20.4. The molecule has 3 heterocycles. The van der Waals surface area contributed by atoms with Crippen molar-refractivity contribution in [2.45, 2.75) is 31.8 Å². The van der Waals surface area contributed by atoms with Crippen LogP contribution in [-0.4, -0.2) is 32.6 Å². The van der Waals surface area contributed by atoms with E-state index in [4.69, 9.17) is 22.3 Å². The number of aryl methyl sites for hydroxylation is 1. The second kappa shape index (κ2) is 7.40. The van der Waals surface area contributed by atoms with Crippen LogP contribution in [0.1, 0.15) is 42.0 Å². The molecule has 1 saturated heterocycles. The van der Waals surface area contributed by atoms with Gasteiger partial charge in [0.2, 0.25) is 5.95 Å². The Morgan fingerprint density at radius 3 is 2.73 bits per heavy atom. The highest BCUT2D eigenvalue weighted by molar-refractivity contribution is 6.35. The smallest absolute Gasteiger partial charge is 0.263 e. The maximum Gasteiger partial charge on any atom is 0.263 e. The fraction of sp³-hybridized carbons (Fsp3) is 0.435. The molecule has 2 aromatic heterocycles. The number of nitriles is 1. The van der Waals surface area contributed by atoms with Crippen LogP contribution in [-0.2, 0) is 0 Å². The molecule has 6 rings (SSSR count). The molecule has 0 radical (unpaired) electrons. The summed E-state index contributed by atoms with van der Waals surface area (Å²) < 4.78 is 1.86. The Hall–Kier alpha value is -3.22. The molecular formula is C23H23ClN8O. The molecule has 1 aromatic carbocycles. The van der Waals surface area contributed by atoms with Crippen LogP contribution in [0.25, 0.3) is 10.9 Å². The Morgan fingerprint density at radius 2 is 2.03 bits per heavy atom. The van der Waals surface area contributed by atoms with E-state index in [2.05, 4.69) is 26.7 Å². The quantitative estimate of drug-likeness (QED) is 0.526. The number of piperidine rings is 1. The minimum Gasteiger partial charge on any atom is -0.368 e. The number of anilines is 2. The van der Waals surface area contributed by atoms with Gasteiger partial charge in [0.1, 0.15) is 23.3 Å². The van der Waals surface area contributed by atoms with Gasteiger partial charge in [-0.05, 0) is 49.7 Å². The van der Waals surface area contributed by atoms with Crippen molar-refractivity contribution in [3.05, 3.63) is 50.7 Å². The third kappa shape index (κ3) is 3.24. The van der Waals surface area contributed by atoms with Gasteiger partial charge in [0, 0.05) is 19.1 Å². The van der Waals surface area contributed by atoms with Crippen LogP contribution in [0.2, 0.25) is 5.02 Å². The van der Waals surface area contributed by atoms with Gasteiger partial charge in [0.15, 0.2) is 0 Å². The van der Waals surface area contributed by atoms with E-state index in [0.717, 1.165) is 25.9 Å². The number of nitrogens with one attached hydrogen (secondary N) is 2. The number of nitrogen functional groups attached to an aromatic ring is 1. The highest BCUT2D eigenvalue weighted by atomic mass is 35.5. The van der Waals surface area contributed by atoms with E-state index in [-0.39, 0.29) is 29.5 Å². The lowest BCUT2D eigenvalue weighted by Crippen LogP contribution is -2.32. The van der Waals surface area contributed by atoms with E-state index in [1.165, 1.54) is 0 Å². The topological polar surface area (TPSA) is 135 Å². The van der Waals surface area contributed by atoms with Crippen molar-refractivity contribution < 1.29 is 0 Å². The molecule has 3 fully saturated rings. The molecule has 0 amide bonds. The summed E-state index contributed by atoms with van der Waals surface area (Å²) in [6.07, 6.45) is 2.00. The standard InChI is InChI=1S/C23H23ClN8O/c1-10-12(7-25)20(31-23(26)28-10)30-18(11-5-6-11)21-29-16-4-2-3-15(24)17(16)22(33)32(21)19-13-8-27-9-14(13)19/h2-4,11,13-14,18-19,27H,5-6,8-9H2,1H3,(H3,26,28,30,31)/t13-,14+,18?,19?. The lowest BCUT2D eigenvalue weighted by molar-refractivity contribution is 0.495. The molecule has 0 bridgehead atoms. The van der Waals surface area contributed by atoms with E-state index in [1.54, 1.807) is 13.0 Å². The van der Waals surface area contributed by atoms with Gasteiger partial charge in [0.05, 0.1) is 27.7 Å². The summed E-state index contributed by atoms with van der Waals surface area (Å²) in [7, 11) is 0. The van der Waals surface area contributed by atoms with Crippen molar-refractivity contribution in [1.29, 1.82) is 5.26 Å². The second-order valence-electron chi connectivity index (χ2n) is 9.22. The van der Waals surface area contributed by atoms with E-state index < -0.39 is 0 Å². The number of hydrogen-bond donors (Lipinski definition) is 3. The maximum absolute atomic E-state index is 13.8. The monoisotopic (exact) mass is 462 g/mol. The van der Waals surface area contributed by atoms with Crippen molar-refractivity contribution in [2.75, 3.05) is 24.1 Å². The average Bonchev–Trinajstić information content (AvgIpc) is 3.68. The van der Waals surface area contributed by atoms with E-state index in [0.29, 0.717) is 50.7 Å². The van der Waals surface area contributed by atoms with Crippen LogP contribution in [0, 0.1) is 36.0 Å². The third-order valence-corrected chi connectivity index (χ3v) is 7.45. The summed E-state index contributed by atoms with van der Waals surface area (Å²) in [4.78, 5) is 27.2. The summed E-state index contributed by atoms with van der Waals surface area (Å²) in [6.45, 7) is 3.52. The largest absolute Gasteiger partial charge is 0.368 e. The Labute approximate surface area is 195 Å². The molecule has 4 N–H and O–H groups in total. The second-order valence-corrected chi connectivity index (χ2v) is 9.62. The zero-order valence-electron chi connectivity index (χ0n) is 18.0. The number of rotatable bonds is 5. The lowest BCUT2D eigenvalue weighted by Gasteiger charge is -2.24. The van der Waals surface area contributed by atoms with E-state index in [1.807, 2.05) is 16.7 Å². The molecule has 10 heteroatoms. The van der Waals surface area contributed by atoms with Crippen LogP contribution in [0.15, 0.2) is 23.0 Å². The summed E-state index contributed by atoms with van der Waals surface area (Å²) >= 11 is 6.44. The average molecular weight is 463 g/mol. The SMILES string of the molecule is Cc1nc(N)nc(NC(c2nc3cccc(Cl)c3c(=O)n2C2[C@H]3CNC[C@@H]23)C2CC2)c1C#N. The Morgan fingerprint density at radius 1 is 1.27 bits per heavy atom. The Balaban J connectivity index is 1.54. The number of fused-ring (bicyclic) bond motifs is 2. The highest BCUT2D eigenvalue weighted by Crippen LogP contribution is 2.54. The molecule has 3 aliphatic rings. The van der Waals surface area contributed by atoms with Gasteiger partial charge in [-0.1, -0.05) is 17.7 Å². The number of aromatic nitrogens is 4. The minimum absolute atomic E-state index is 0.0950. The molecule has 2 unspecified atom stereocenters. The summed E-state index contributed by atoms with van der Waals surface area (Å²) in [6, 6.07) is 7.36. The van der Waals surface area contributed by atoms with Crippen LogP contribution in [0.4, 0.5) is 11.8 Å². The molecule has 168 valence electrons. The van der Waals surface area contributed by atoms with Gasteiger partial charge >= 0.3 is 0 Å². The predicted octanol–water partition coefficient (Wildman–Crippen LogP) is 2.56. The van der Waals surface area contributed by atoms with Gasteiger partial charge in [-0.15, -0.1) is 0 Å². The van der Waals surface area contributed by atoms with Gasteiger partial charge in [-0.3, -0.25) is 9.36 Å². The first-order valence-electron chi connectivity index (χ1n) is 11.2. The number of nitrogens with two attached hydrogens (primary N) is 1. The molecule has 4 atom stereocenters. The fourth-order valence-corrected chi connectivity index (χ4v) is 5.55. The zero-order valence-corrected chi connectivity index (χ0v) is 18.8. The first-order chi connectivity index (χ1) is 16.0. The molecule has 9 nitrogen and oxygen atoms in total. The molecule has 33 heavy (non-hydrogen) atoms. The van der Waals surface area contributed by atoms with Crippen LogP contribution in [0.3, 0.4) is 0 Å². The lowest BCUT2D eigenvalue weighted by atomic mass is 10.1. The first-order valence-corrected chi connectivity index (χ1v) is 11.6. The van der Waals surface area contributed by atoms with Crippen LogP contribution in [0.5, 0.6) is 0 Å². The van der Waals surface area contributed by atoms with Crippen molar-refractivity contribution >= 4 is 34.3 Å². The summed E-state index contributed by atoms with van der Waals surface area (Å²) in [5.41, 5.74) is 7.22. The van der Waals surface area contributed by atoms with Crippen molar-refractivity contribution in [3.8, 4) is 6.07 Å². The molecule has 1 aliphatic heterocycles. The molecule has 2 aliphatic carbocycles. The summed E-state index contributed by atoms with van der Waals surface area (Å²) in [5, 5.41) is 17.4. The van der Waals surface area contributed by atoms with Crippen LogP contribution >= 0.6 is 11.6 Å². The fourth-order valence-electron chi connectivity index (χ4n) is 5.30. The van der Waals surface area contributed by atoms with Crippen LogP contribution < -0.4 is 21.9 Å². The number of benzene rings is 1. The van der Waals surface area contributed by atoms with E-state index in [9.17, 15) is 10.1 Å². The maximum atomic E-state index is 13.8. The highest BCUT2D eigenvalue weighted by Gasteiger charge is 2.56. The van der Waals surface area contributed by atoms with Crippen molar-refractivity contribution in [3.63, 3.8) is 0 Å². The molecule has 3 aromatic rings. The van der Waals surface area contributed by atoms with Gasteiger partial charge < -0.3 is 16.4 Å². The van der Waals surface area contributed by atoms with Gasteiger partial charge in [-0.25, -0.2) is 9.97 Å². The number of halogens is 1. The minimum atomic E-state index is -0.281. The van der Waals surface area contributed by atoms with E-state index >= 15 is 0 Å². The van der Waals surface area contributed by atoms with Gasteiger partial charge in [-0.2, -0.15) is 10.2 Å². The summed E-state index contributed by atoms with van der Waals surface area (Å²) in [5.74, 6) is 2.25. The number of nitrogens with zero attached hydrogens (tertiary/aromatic N) is 5.